The highest BCUT2D eigenvalue weighted by Gasteiger charge is 2.15. The van der Waals surface area contributed by atoms with Crippen molar-refractivity contribution in [1.82, 2.24) is 19.6 Å². The maximum Gasteiger partial charge on any atom is 0.183 e. The molecule has 0 aliphatic rings. The minimum absolute atomic E-state index is 0.815. The summed E-state index contributed by atoms with van der Waals surface area (Å²) in [6.07, 6.45) is 0.815. The molecule has 0 aliphatic heterocycles. The molecule has 0 amide bonds. The molecule has 2 aromatic heterocycles. The van der Waals surface area contributed by atoms with E-state index in [1.807, 2.05) is 48.5 Å². The fourth-order valence-electron chi connectivity index (χ4n) is 2.81. The van der Waals surface area contributed by atoms with Crippen LogP contribution in [0.3, 0.4) is 0 Å². The minimum atomic E-state index is 0.815. The van der Waals surface area contributed by atoms with Gasteiger partial charge in [-0.05, 0) is 42.8 Å². The largest absolute Gasteiger partial charge is 0.497 e. The van der Waals surface area contributed by atoms with Crippen LogP contribution in [0.2, 0.25) is 0 Å². The molecule has 0 bridgehead atoms. The molecule has 0 atom stereocenters. The van der Waals surface area contributed by atoms with Gasteiger partial charge in [-0.3, -0.25) is 4.40 Å². The Morgan fingerprint density at radius 1 is 1.00 bits per heavy atom. The molecule has 2 heterocycles. The molecule has 0 fully saturated rings. The number of rotatable bonds is 3. The number of hydrogen-bond donors (Lipinski definition) is 0. The molecule has 5 heteroatoms. The summed E-state index contributed by atoms with van der Waals surface area (Å²) >= 11 is 0. The molecule has 4 aromatic rings. The summed E-state index contributed by atoms with van der Waals surface area (Å²) in [4.78, 5) is 4.71. The van der Waals surface area contributed by atoms with Crippen LogP contribution in [0.25, 0.3) is 28.1 Å². The normalized spacial score (nSPS) is 11.2. The molecule has 0 N–H and O–H groups in total. The standard InChI is InChI=1S/C18H16N4O/c1-3-14-18-21-20-17(12-8-10-13(23-2)11-9-12)22(18)16-7-5-4-6-15(16)19-14/h4-11H,3H2,1-2H3. The zero-order chi connectivity index (χ0) is 15.8. The fraction of sp³-hybridized carbons (Fsp3) is 0.167. The average molecular weight is 304 g/mol. The van der Waals surface area contributed by atoms with Crippen LogP contribution in [0, 0.1) is 0 Å². The quantitative estimate of drug-likeness (QED) is 0.581. The molecular formula is C18H16N4O. The van der Waals surface area contributed by atoms with Gasteiger partial charge in [0, 0.05) is 5.56 Å². The number of fused-ring (bicyclic) bond motifs is 3. The molecule has 4 rings (SSSR count). The van der Waals surface area contributed by atoms with E-state index in [2.05, 4.69) is 21.5 Å². The highest BCUT2D eigenvalue weighted by molar-refractivity contribution is 5.81. The van der Waals surface area contributed by atoms with Gasteiger partial charge in [0.05, 0.1) is 23.8 Å². The second kappa shape index (κ2) is 5.35. The first-order valence-electron chi connectivity index (χ1n) is 7.59. The summed E-state index contributed by atoms with van der Waals surface area (Å²) in [5.74, 6) is 1.64. The molecule has 0 aliphatic carbocycles. The third-order valence-corrected chi connectivity index (χ3v) is 3.98. The van der Waals surface area contributed by atoms with Crippen molar-refractivity contribution in [2.45, 2.75) is 13.3 Å². The predicted molar refractivity (Wildman–Crippen MR) is 89.7 cm³/mol. The molecule has 0 saturated carbocycles. The van der Waals surface area contributed by atoms with Gasteiger partial charge < -0.3 is 4.74 Å². The maximum atomic E-state index is 5.23. The van der Waals surface area contributed by atoms with Crippen LogP contribution in [-0.2, 0) is 6.42 Å². The van der Waals surface area contributed by atoms with E-state index in [1.165, 1.54) is 0 Å². The topological polar surface area (TPSA) is 52.3 Å². The van der Waals surface area contributed by atoms with Gasteiger partial charge in [0.15, 0.2) is 11.5 Å². The van der Waals surface area contributed by atoms with Crippen molar-refractivity contribution >= 4 is 16.7 Å². The average Bonchev–Trinajstić information content (AvgIpc) is 3.06. The Morgan fingerprint density at radius 3 is 2.52 bits per heavy atom. The first-order valence-corrected chi connectivity index (χ1v) is 7.59. The lowest BCUT2D eigenvalue weighted by atomic mass is 10.2. The molecule has 0 spiro atoms. The lowest BCUT2D eigenvalue weighted by Gasteiger charge is -2.08. The smallest absolute Gasteiger partial charge is 0.183 e. The van der Waals surface area contributed by atoms with Gasteiger partial charge in [-0.15, -0.1) is 10.2 Å². The van der Waals surface area contributed by atoms with Crippen LogP contribution in [0.15, 0.2) is 48.5 Å². The van der Waals surface area contributed by atoms with E-state index < -0.39 is 0 Å². The predicted octanol–water partition coefficient (Wildman–Crippen LogP) is 3.52. The van der Waals surface area contributed by atoms with Gasteiger partial charge in [0.2, 0.25) is 0 Å². The van der Waals surface area contributed by atoms with Crippen LogP contribution >= 0.6 is 0 Å². The zero-order valence-electron chi connectivity index (χ0n) is 13.0. The third kappa shape index (κ3) is 2.12. The first kappa shape index (κ1) is 13.7. The summed E-state index contributed by atoms with van der Waals surface area (Å²) in [7, 11) is 1.66. The van der Waals surface area contributed by atoms with Gasteiger partial charge in [-0.2, -0.15) is 0 Å². The van der Waals surface area contributed by atoms with E-state index in [9.17, 15) is 0 Å². The van der Waals surface area contributed by atoms with E-state index in [1.54, 1.807) is 7.11 Å². The lowest BCUT2D eigenvalue weighted by Crippen LogP contribution is -1.99. The highest BCUT2D eigenvalue weighted by Crippen LogP contribution is 2.26. The Bertz CT molecular complexity index is 989. The van der Waals surface area contributed by atoms with Crippen molar-refractivity contribution in [2.24, 2.45) is 0 Å². The van der Waals surface area contributed by atoms with Crippen molar-refractivity contribution in [1.29, 1.82) is 0 Å². The van der Waals surface area contributed by atoms with Gasteiger partial charge in [-0.25, -0.2) is 4.98 Å². The number of methoxy groups -OCH3 is 1. The fourth-order valence-corrected chi connectivity index (χ4v) is 2.81. The Balaban J connectivity index is 2.05. The van der Waals surface area contributed by atoms with E-state index in [0.717, 1.165) is 45.9 Å². The Hall–Kier alpha value is -2.95. The van der Waals surface area contributed by atoms with E-state index in [0.29, 0.717) is 0 Å². The first-order chi connectivity index (χ1) is 11.3. The minimum Gasteiger partial charge on any atom is -0.497 e. The number of ether oxygens (including phenoxy) is 1. The Kier molecular flexibility index (Phi) is 3.19. The van der Waals surface area contributed by atoms with E-state index in [-0.39, 0.29) is 0 Å². The number of benzene rings is 2. The lowest BCUT2D eigenvalue weighted by molar-refractivity contribution is 0.415. The zero-order valence-corrected chi connectivity index (χ0v) is 13.0. The second-order valence-electron chi connectivity index (χ2n) is 5.31. The van der Waals surface area contributed by atoms with E-state index >= 15 is 0 Å². The number of hydrogen-bond acceptors (Lipinski definition) is 4. The van der Waals surface area contributed by atoms with Crippen LogP contribution < -0.4 is 4.74 Å². The highest BCUT2D eigenvalue weighted by atomic mass is 16.5. The van der Waals surface area contributed by atoms with Crippen molar-refractivity contribution in [2.75, 3.05) is 7.11 Å². The Morgan fingerprint density at radius 2 is 1.78 bits per heavy atom. The molecule has 2 aromatic carbocycles. The summed E-state index contributed by atoms with van der Waals surface area (Å²) in [6, 6.07) is 15.9. The van der Waals surface area contributed by atoms with Gasteiger partial charge in [0.25, 0.3) is 0 Å². The molecule has 0 radical (unpaired) electrons. The van der Waals surface area contributed by atoms with Crippen LogP contribution in [0.4, 0.5) is 0 Å². The van der Waals surface area contributed by atoms with Crippen LogP contribution in [0.1, 0.15) is 12.6 Å². The number of nitrogens with zero attached hydrogens (tertiary/aromatic N) is 4. The van der Waals surface area contributed by atoms with Crippen molar-refractivity contribution < 1.29 is 4.74 Å². The Labute approximate surface area is 133 Å². The molecule has 0 saturated heterocycles. The van der Waals surface area contributed by atoms with Gasteiger partial charge in [-0.1, -0.05) is 19.1 Å². The van der Waals surface area contributed by atoms with Gasteiger partial charge in [0.1, 0.15) is 5.75 Å². The second-order valence-corrected chi connectivity index (χ2v) is 5.31. The molecule has 23 heavy (non-hydrogen) atoms. The summed E-state index contributed by atoms with van der Waals surface area (Å²) in [6.45, 7) is 2.08. The molecule has 0 unspecified atom stereocenters. The van der Waals surface area contributed by atoms with Crippen molar-refractivity contribution in [3.8, 4) is 17.1 Å². The summed E-state index contributed by atoms with van der Waals surface area (Å²) in [5.41, 5.74) is 4.73. The summed E-state index contributed by atoms with van der Waals surface area (Å²) < 4.78 is 7.31. The number of aryl methyl sites for hydroxylation is 1. The third-order valence-electron chi connectivity index (χ3n) is 3.98. The van der Waals surface area contributed by atoms with Gasteiger partial charge >= 0.3 is 0 Å². The SMILES string of the molecule is CCc1nc2ccccc2n2c(-c3ccc(OC)cc3)nnc12. The summed E-state index contributed by atoms with van der Waals surface area (Å²) in [5, 5.41) is 8.79. The molecule has 114 valence electrons. The van der Waals surface area contributed by atoms with Crippen molar-refractivity contribution in [3.05, 3.63) is 54.2 Å². The maximum absolute atomic E-state index is 5.23. The monoisotopic (exact) mass is 304 g/mol. The van der Waals surface area contributed by atoms with Crippen LogP contribution in [-0.4, -0.2) is 26.7 Å². The number of aromatic nitrogens is 4. The molecular weight excluding hydrogens is 288 g/mol. The number of para-hydroxylation sites is 2. The van der Waals surface area contributed by atoms with Crippen molar-refractivity contribution in [3.63, 3.8) is 0 Å². The molecule has 5 nitrogen and oxygen atoms in total. The van der Waals surface area contributed by atoms with E-state index in [4.69, 9.17) is 9.72 Å². The van der Waals surface area contributed by atoms with Crippen LogP contribution in [0.5, 0.6) is 5.75 Å².